The molecule has 3 unspecified atom stereocenters. The molecule has 1 aromatic rings. The predicted octanol–water partition coefficient (Wildman–Crippen LogP) is 3.93. The molecule has 2 aliphatic carbocycles. The fourth-order valence-electron chi connectivity index (χ4n) is 7.36. The van der Waals surface area contributed by atoms with Gasteiger partial charge in [-0.3, -0.25) is 19.7 Å². The summed E-state index contributed by atoms with van der Waals surface area (Å²) in [7, 11) is -0.724. The molecule has 0 aromatic heterocycles. The van der Waals surface area contributed by atoms with Crippen molar-refractivity contribution in [3.8, 4) is 5.75 Å². The summed E-state index contributed by atoms with van der Waals surface area (Å²) in [6.45, 7) is 6.98. The van der Waals surface area contributed by atoms with Crippen molar-refractivity contribution in [3.63, 3.8) is 0 Å². The molecule has 1 aromatic carbocycles. The number of alkyl halides is 2. The van der Waals surface area contributed by atoms with Crippen LogP contribution in [0, 0.1) is 11.8 Å². The molecular weight excluding hydrogens is 590 g/mol. The van der Waals surface area contributed by atoms with Gasteiger partial charge in [-0.1, -0.05) is 6.42 Å². The average molecular weight is 635 g/mol. The third kappa shape index (κ3) is 6.72. The zero-order valence-electron chi connectivity index (χ0n) is 25.5. The Labute approximate surface area is 260 Å². The number of rotatable bonds is 6. The van der Waals surface area contributed by atoms with Crippen LogP contribution in [0.1, 0.15) is 93.5 Å². The Hall–Kier alpha value is -2.44. The number of piperidine rings is 2. The predicted molar refractivity (Wildman–Crippen MR) is 161 cm³/mol. The molecular formula is C32H44F2N4O5S. The minimum Gasteiger partial charge on any atom is -0.490 e. The van der Waals surface area contributed by atoms with E-state index in [4.69, 9.17) is 4.74 Å². The van der Waals surface area contributed by atoms with Gasteiger partial charge in [-0.2, -0.15) is 0 Å². The number of carbonyl (C=O) groups is 3. The number of hydrogen-bond acceptors (Lipinski definition) is 6. The first-order chi connectivity index (χ1) is 21.0. The molecule has 0 spiro atoms. The smallest absolute Gasteiger partial charge is 0.255 e. The highest BCUT2D eigenvalue weighted by molar-refractivity contribution is 7.84. The number of halogens is 2. The minimum absolute atomic E-state index is 0.105. The molecule has 4 heterocycles. The van der Waals surface area contributed by atoms with Gasteiger partial charge in [0, 0.05) is 44.5 Å². The van der Waals surface area contributed by atoms with Crippen LogP contribution in [0.25, 0.3) is 0 Å². The Morgan fingerprint density at radius 2 is 1.73 bits per heavy atom. The Morgan fingerprint density at radius 3 is 2.34 bits per heavy atom. The third-order valence-corrected chi connectivity index (χ3v) is 12.5. The summed E-state index contributed by atoms with van der Waals surface area (Å²) in [6, 6.07) is 4.23. The Kier molecular flexibility index (Phi) is 9.14. The van der Waals surface area contributed by atoms with Crippen molar-refractivity contribution in [3.05, 3.63) is 29.3 Å². The summed E-state index contributed by atoms with van der Waals surface area (Å²) in [5.41, 5.74) is 1.17. The first kappa shape index (κ1) is 31.5. The lowest BCUT2D eigenvalue weighted by molar-refractivity contribution is -0.136. The molecule has 3 amide bonds. The molecule has 0 bridgehead atoms. The Morgan fingerprint density at radius 1 is 0.977 bits per heavy atom. The van der Waals surface area contributed by atoms with Crippen LogP contribution in [0.15, 0.2) is 18.2 Å². The Bertz CT molecular complexity index is 1300. The highest BCUT2D eigenvalue weighted by Crippen LogP contribution is 2.40. The number of hydrogen-bond donors (Lipinski definition) is 2. The second kappa shape index (κ2) is 12.7. The van der Waals surface area contributed by atoms with E-state index in [1.165, 1.54) is 37.3 Å². The topological polar surface area (TPSA) is 108 Å². The maximum absolute atomic E-state index is 13.6. The number of carbonyl (C=O) groups excluding carboxylic acids is 3. The summed E-state index contributed by atoms with van der Waals surface area (Å²) in [4.78, 5) is 37.4. The normalized spacial score (nSPS) is 29.4. The number of amides is 3. The van der Waals surface area contributed by atoms with E-state index in [1.807, 2.05) is 0 Å². The highest BCUT2D eigenvalue weighted by atomic mass is 32.2. The summed E-state index contributed by atoms with van der Waals surface area (Å²) in [5.74, 6) is -1.51. The number of imide groups is 1. The average Bonchev–Trinajstić information content (AvgIpc) is 3.26. The van der Waals surface area contributed by atoms with Gasteiger partial charge in [0.1, 0.15) is 28.9 Å². The van der Waals surface area contributed by atoms with Crippen LogP contribution in [0.4, 0.5) is 8.78 Å². The lowest BCUT2D eigenvalue weighted by Gasteiger charge is -2.44. The van der Waals surface area contributed by atoms with Crippen molar-refractivity contribution in [2.75, 3.05) is 26.2 Å². The number of nitrogens with zero attached hydrogens (tertiary/aromatic N) is 2. The lowest BCUT2D eigenvalue weighted by atomic mass is 9.81. The van der Waals surface area contributed by atoms with Crippen LogP contribution in [-0.2, 0) is 27.1 Å². The van der Waals surface area contributed by atoms with Crippen LogP contribution >= 0.6 is 0 Å². The van der Waals surface area contributed by atoms with Crippen molar-refractivity contribution in [2.45, 2.75) is 107 Å². The molecule has 4 aliphatic heterocycles. The summed E-state index contributed by atoms with van der Waals surface area (Å²) >= 11 is 0. The van der Waals surface area contributed by atoms with Gasteiger partial charge in [0.2, 0.25) is 11.8 Å². The fraction of sp³-hybridized carbons (Fsp3) is 0.719. The van der Waals surface area contributed by atoms with E-state index >= 15 is 0 Å². The van der Waals surface area contributed by atoms with Gasteiger partial charge in [-0.15, -0.1) is 0 Å². The molecule has 7 rings (SSSR count). The van der Waals surface area contributed by atoms with Crippen LogP contribution in [-0.4, -0.2) is 80.1 Å². The van der Waals surface area contributed by atoms with Crippen molar-refractivity contribution >= 4 is 28.7 Å². The van der Waals surface area contributed by atoms with Gasteiger partial charge in [-0.05, 0) is 101 Å². The van der Waals surface area contributed by atoms with Crippen molar-refractivity contribution in [1.29, 1.82) is 0 Å². The molecule has 0 radical (unpaired) electrons. The van der Waals surface area contributed by atoms with Gasteiger partial charge in [-0.25, -0.2) is 17.3 Å². The van der Waals surface area contributed by atoms with Gasteiger partial charge >= 0.3 is 0 Å². The van der Waals surface area contributed by atoms with Crippen LogP contribution < -0.4 is 15.4 Å². The molecule has 12 heteroatoms. The van der Waals surface area contributed by atoms with Gasteiger partial charge < -0.3 is 15.0 Å². The van der Waals surface area contributed by atoms with Crippen LogP contribution in [0.5, 0.6) is 5.75 Å². The van der Waals surface area contributed by atoms with E-state index in [2.05, 4.69) is 21.9 Å². The summed E-state index contributed by atoms with van der Waals surface area (Å²) < 4.78 is 47.7. The molecule has 5 fully saturated rings. The van der Waals surface area contributed by atoms with E-state index in [0.717, 1.165) is 37.8 Å². The quantitative estimate of drug-likeness (QED) is 0.460. The second-order valence-corrected chi connectivity index (χ2v) is 15.6. The first-order valence-electron chi connectivity index (χ1n) is 16.2. The zero-order chi connectivity index (χ0) is 31.1. The molecule has 44 heavy (non-hydrogen) atoms. The van der Waals surface area contributed by atoms with Crippen LogP contribution in [0.3, 0.4) is 0 Å². The standard InChI is InChI=1S/C19H20F2N2O4.C13H24N2OS/c20-19(21)7-1-2-13(9-19)27-12-3-4-14-11(8-12)10-23(18(14)26)15-5-6-16(24)22-17(15)25;1-13(5-2-6-13)17(16)15-7-3-11(4-8-15)12-9-14-10-12/h3-4,8,13,15H,1-2,5-7,9-10H2,(H,22,24,25);11-12,14H,2-10H2,1H3. The zero-order valence-corrected chi connectivity index (χ0v) is 26.3. The van der Waals surface area contributed by atoms with Crippen LogP contribution in [0.2, 0.25) is 0 Å². The molecule has 6 aliphatic rings. The Balaban J connectivity index is 0.000000173. The van der Waals surface area contributed by atoms with E-state index in [0.29, 0.717) is 36.1 Å². The highest BCUT2D eigenvalue weighted by Gasteiger charge is 2.43. The van der Waals surface area contributed by atoms with Gasteiger partial charge in [0.05, 0.1) is 4.75 Å². The monoisotopic (exact) mass is 634 g/mol. The van der Waals surface area contributed by atoms with Gasteiger partial charge in [0.15, 0.2) is 0 Å². The largest absolute Gasteiger partial charge is 0.490 e. The molecule has 2 saturated carbocycles. The van der Waals surface area contributed by atoms with Crippen molar-refractivity contribution < 1.29 is 32.1 Å². The first-order valence-corrected chi connectivity index (χ1v) is 17.3. The number of fused-ring (bicyclic) bond motifs is 1. The molecule has 3 saturated heterocycles. The van der Waals surface area contributed by atoms with E-state index in [9.17, 15) is 27.4 Å². The van der Waals surface area contributed by atoms with E-state index in [-0.39, 0.29) is 42.4 Å². The van der Waals surface area contributed by atoms with E-state index < -0.39 is 35.0 Å². The molecule has 2 N–H and O–H groups in total. The molecule has 9 nitrogen and oxygen atoms in total. The number of benzene rings is 1. The maximum atomic E-state index is 13.6. The third-order valence-electron chi connectivity index (χ3n) is 10.4. The molecule has 3 atom stereocenters. The molecule has 242 valence electrons. The summed E-state index contributed by atoms with van der Waals surface area (Å²) in [5, 5.41) is 5.62. The van der Waals surface area contributed by atoms with Gasteiger partial charge in [0.25, 0.3) is 11.8 Å². The lowest BCUT2D eigenvalue weighted by Crippen LogP contribution is -2.52. The van der Waals surface area contributed by atoms with Crippen molar-refractivity contribution in [2.24, 2.45) is 11.8 Å². The number of nitrogens with one attached hydrogen (secondary N) is 2. The maximum Gasteiger partial charge on any atom is 0.255 e. The second-order valence-electron chi connectivity index (χ2n) is 13.6. The van der Waals surface area contributed by atoms with Crippen molar-refractivity contribution in [1.82, 2.24) is 19.8 Å². The van der Waals surface area contributed by atoms with E-state index in [1.54, 1.807) is 18.2 Å². The SMILES string of the molecule is CC1(S(=O)N2CCC(C3CNC3)CC2)CCC1.O=C1CCC(N2Cc3cc(OC4CCCC(F)(F)C4)ccc3C2=O)C(=O)N1. The number of ether oxygens (including phenoxy) is 1. The minimum atomic E-state index is -2.70. The summed E-state index contributed by atoms with van der Waals surface area (Å²) in [6.07, 6.45) is 6.64. The fourth-order valence-corrected chi connectivity index (χ4v) is 9.16.